The first-order valence-corrected chi connectivity index (χ1v) is 3.42. The molecule has 0 aliphatic carbocycles. The summed E-state index contributed by atoms with van der Waals surface area (Å²) < 4.78 is 13.0. The lowest BCUT2D eigenvalue weighted by atomic mass is 10.7. The topological polar surface area (TPSA) is 34.9 Å². The van der Waals surface area contributed by atoms with Gasteiger partial charge in [0.05, 0.1) is 6.20 Å². The molecule has 0 radical (unpaired) electrons. The number of halogens is 1. The number of nitrogens with zero attached hydrogens (tertiary/aromatic N) is 2. The van der Waals surface area contributed by atoms with Crippen LogP contribution in [-0.4, -0.2) is 15.7 Å². The Morgan fingerprint density at radius 3 is 2.36 bits per heavy atom. The maximum atomic E-state index is 12.3. The minimum atomic E-state index is -0.623. The summed E-state index contributed by atoms with van der Waals surface area (Å²) in [6, 6.07) is 1.13. The van der Waals surface area contributed by atoms with Crippen LogP contribution in [0, 0.1) is 5.95 Å². The molecule has 0 fully saturated rings. The molecule has 4 heteroatoms. The van der Waals surface area contributed by atoms with Gasteiger partial charge in [-0.1, -0.05) is 13.8 Å². The smallest absolute Gasteiger partial charge is 0.246 e. The van der Waals surface area contributed by atoms with Gasteiger partial charge in [0.1, 0.15) is 0 Å². The Morgan fingerprint density at radius 1 is 1.64 bits per heavy atom. The first-order chi connectivity index (χ1) is 5.22. The van der Waals surface area contributed by atoms with Gasteiger partial charge in [-0.25, -0.2) is 0 Å². The summed E-state index contributed by atoms with van der Waals surface area (Å²) in [5.74, 6) is -1.04. The number of hydrogen-bond donors (Lipinski definition) is 0. The molecule has 1 heterocycles. The van der Waals surface area contributed by atoms with E-state index in [1.807, 2.05) is 13.8 Å². The standard InChI is InChI=1S/C5H5FN2O.C2H6/c1-4(9)8-5(6)2-3-7-8;1-2/h2-3H,1H3;1-2H3. The Bertz CT molecular complexity index is 232. The van der Waals surface area contributed by atoms with Crippen molar-refractivity contribution in [1.29, 1.82) is 0 Å². The molecular weight excluding hydrogens is 147 g/mol. The van der Waals surface area contributed by atoms with Crippen LogP contribution in [0.25, 0.3) is 0 Å². The summed E-state index contributed by atoms with van der Waals surface area (Å²) in [4.78, 5) is 10.4. The molecule has 1 rings (SSSR count). The highest BCUT2D eigenvalue weighted by Crippen LogP contribution is 1.93. The van der Waals surface area contributed by atoms with Gasteiger partial charge in [-0.15, -0.1) is 0 Å². The lowest BCUT2D eigenvalue weighted by Gasteiger charge is -1.90. The van der Waals surface area contributed by atoms with Crippen LogP contribution in [0.15, 0.2) is 12.3 Å². The Labute approximate surface area is 64.8 Å². The van der Waals surface area contributed by atoms with E-state index in [0.717, 1.165) is 6.07 Å². The van der Waals surface area contributed by atoms with Crippen LogP contribution in [0.5, 0.6) is 0 Å². The molecule has 0 aliphatic heterocycles. The lowest BCUT2D eigenvalue weighted by Crippen LogP contribution is -2.09. The molecule has 1 aromatic rings. The van der Waals surface area contributed by atoms with Crippen LogP contribution in [0.1, 0.15) is 25.6 Å². The Morgan fingerprint density at radius 2 is 2.18 bits per heavy atom. The summed E-state index contributed by atoms with van der Waals surface area (Å²) in [5, 5.41) is 3.41. The molecule has 0 atom stereocenters. The molecule has 0 saturated carbocycles. The highest BCUT2D eigenvalue weighted by molar-refractivity contribution is 5.74. The van der Waals surface area contributed by atoms with Crippen LogP contribution >= 0.6 is 0 Å². The second-order valence-corrected chi connectivity index (χ2v) is 1.58. The fourth-order valence-corrected chi connectivity index (χ4v) is 0.519. The van der Waals surface area contributed by atoms with Crippen LogP contribution in [0.3, 0.4) is 0 Å². The van der Waals surface area contributed by atoms with E-state index in [4.69, 9.17) is 0 Å². The summed E-state index contributed by atoms with van der Waals surface area (Å²) in [6.45, 7) is 5.25. The maximum Gasteiger partial charge on any atom is 0.246 e. The van der Waals surface area contributed by atoms with Crippen molar-refractivity contribution in [3.63, 3.8) is 0 Å². The summed E-state index contributed by atoms with van der Waals surface area (Å²) >= 11 is 0. The van der Waals surface area contributed by atoms with Gasteiger partial charge < -0.3 is 0 Å². The summed E-state index contributed by atoms with van der Waals surface area (Å²) in [5.41, 5.74) is 0. The van der Waals surface area contributed by atoms with Gasteiger partial charge in [0, 0.05) is 13.0 Å². The molecule has 3 nitrogen and oxygen atoms in total. The van der Waals surface area contributed by atoms with Gasteiger partial charge in [-0.2, -0.15) is 14.2 Å². The van der Waals surface area contributed by atoms with E-state index in [2.05, 4.69) is 5.10 Å². The van der Waals surface area contributed by atoms with Gasteiger partial charge >= 0.3 is 0 Å². The van der Waals surface area contributed by atoms with E-state index in [1.165, 1.54) is 13.1 Å². The van der Waals surface area contributed by atoms with Gasteiger partial charge in [-0.05, 0) is 0 Å². The number of carbonyl (C=O) groups is 1. The normalized spacial score (nSPS) is 8.36. The average molecular weight is 158 g/mol. The van der Waals surface area contributed by atoms with E-state index in [1.54, 1.807) is 0 Å². The molecule has 0 aliphatic rings. The van der Waals surface area contributed by atoms with E-state index >= 15 is 0 Å². The van der Waals surface area contributed by atoms with Crippen molar-refractivity contribution in [1.82, 2.24) is 9.78 Å². The molecule has 0 saturated heterocycles. The van der Waals surface area contributed by atoms with E-state index in [9.17, 15) is 9.18 Å². The van der Waals surface area contributed by atoms with Crippen molar-refractivity contribution >= 4 is 5.91 Å². The lowest BCUT2D eigenvalue weighted by molar-refractivity contribution is 0.0906. The van der Waals surface area contributed by atoms with E-state index in [0.29, 0.717) is 4.68 Å². The zero-order valence-electron chi connectivity index (χ0n) is 6.84. The van der Waals surface area contributed by atoms with Crippen molar-refractivity contribution in [2.45, 2.75) is 20.8 Å². The van der Waals surface area contributed by atoms with E-state index < -0.39 is 11.9 Å². The highest BCUT2D eigenvalue weighted by Gasteiger charge is 2.02. The van der Waals surface area contributed by atoms with Crippen molar-refractivity contribution in [3.8, 4) is 0 Å². The molecule has 0 aromatic carbocycles. The average Bonchev–Trinajstić information content (AvgIpc) is 2.39. The molecular formula is C7H11FN2O. The number of hydrogen-bond acceptors (Lipinski definition) is 2. The predicted octanol–water partition coefficient (Wildman–Crippen LogP) is 1.71. The van der Waals surface area contributed by atoms with Crippen molar-refractivity contribution in [3.05, 3.63) is 18.2 Å². The third-order valence-corrected chi connectivity index (χ3v) is 0.895. The number of rotatable bonds is 0. The molecule has 0 unspecified atom stereocenters. The predicted molar refractivity (Wildman–Crippen MR) is 39.8 cm³/mol. The highest BCUT2D eigenvalue weighted by atomic mass is 19.1. The fraction of sp³-hybridized carbons (Fsp3) is 0.429. The zero-order valence-corrected chi connectivity index (χ0v) is 6.84. The first kappa shape index (κ1) is 9.81. The minimum Gasteiger partial charge on any atom is -0.273 e. The Kier molecular flexibility index (Phi) is 4.10. The van der Waals surface area contributed by atoms with Crippen LogP contribution in [0.2, 0.25) is 0 Å². The zero-order chi connectivity index (χ0) is 8.85. The van der Waals surface area contributed by atoms with Crippen LogP contribution in [-0.2, 0) is 0 Å². The van der Waals surface area contributed by atoms with Crippen molar-refractivity contribution in [2.24, 2.45) is 0 Å². The van der Waals surface area contributed by atoms with Crippen LogP contribution < -0.4 is 0 Å². The monoisotopic (exact) mass is 158 g/mol. The summed E-state index contributed by atoms with van der Waals surface area (Å²) in [7, 11) is 0. The fourth-order valence-electron chi connectivity index (χ4n) is 0.519. The van der Waals surface area contributed by atoms with Crippen molar-refractivity contribution < 1.29 is 9.18 Å². The van der Waals surface area contributed by atoms with Gasteiger partial charge in [0.15, 0.2) is 0 Å². The third-order valence-electron chi connectivity index (χ3n) is 0.895. The molecule has 0 amide bonds. The summed E-state index contributed by atoms with van der Waals surface area (Å²) in [6.07, 6.45) is 1.23. The molecule has 1 aromatic heterocycles. The number of aromatic nitrogens is 2. The third kappa shape index (κ3) is 2.49. The molecule has 0 N–H and O–H groups in total. The second-order valence-electron chi connectivity index (χ2n) is 1.58. The van der Waals surface area contributed by atoms with Gasteiger partial charge in [0.25, 0.3) is 0 Å². The molecule has 11 heavy (non-hydrogen) atoms. The maximum absolute atomic E-state index is 12.3. The number of carbonyl (C=O) groups excluding carboxylic acids is 1. The largest absolute Gasteiger partial charge is 0.273 e. The molecule has 0 spiro atoms. The Balaban J connectivity index is 0.000000461. The molecule has 0 bridgehead atoms. The van der Waals surface area contributed by atoms with Crippen LogP contribution in [0.4, 0.5) is 4.39 Å². The SMILES string of the molecule is CC.CC(=O)n1nccc1F. The van der Waals surface area contributed by atoms with Crippen molar-refractivity contribution in [2.75, 3.05) is 0 Å². The first-order valence-electron chi connectivity index (χ1n) is 3.42. The second kappa shape index (κ2) is 4.60. The quantitative estimate of drug-likeness (QED) is 0.576. The Hall–Kier alpha value is -1.19. The van der Waals surface area contributed by atoms with E-state index in [-0.39, 0.29) is 0 Å². The van der Waals surface area contributed by atoms with Gasteiger partial charge in [-0.3, -0.25) is 4.79 Å². The molecule has 62 valence electrons. The minimum absolute atomic E-state index is 0.419. The van der Waals surface area contributed by atoms with Gasteiger partial charge in [0.2, 0.25) is 11.9 Å².